The van der Waals surface area contributed by atoms with Gasteiger partial charge in [-0.1, -0.05) is 6.92 Å². The third-order valence-corrected chi connectivity index (χ3v) is 2.01. The summed E-state index contributed by atoms with van der Waals surface area (Å²) in [6.07, 6.45) is 3.68. The minimum atomic E-state index is 0.713. The van der Waals surface area contributed by atoms with Crippen molar-refractivity contribution in [3.05, 3.63) is 23.9 Å². The molecule has 0 bridgehead atoms. The number of furan rings is 1. The molecule has 0 fully saturated rings. The molecule has 2 aromatic rings. The molecule has 14 heavy (non-hydrogen) atoms. The van der Waals surface area contributed by atoms with Crippen LogP contribution in [-0.4, -0.2) is 15.2 Å². The second-order valence-corrected chi connectivity index (χ2v) is 3.30. The Kier molecular flexibility index (Phi) is 2.35. The summed E-state index contributed by atoms with van der Waals surface area (Å²) in [6, 6.07) is 1.93. The van der Waals surface area contributed by atoms with Gasteiger partial charge in [-0.15, -0.1) is 0 Å². The zero-order valence-electron chi connectivity index (χ0n) is 8.37. The van der Waals surface area contributed by atoms with Crippen LogP contribution < -0.4 is 0 Å². The van der Waals surface area contributed by atoms with E-state index in [9.17, 15) is 0 Å². The molecule has 0 aromatic carbocycles. The van der Waals surface area contributed by atoms with Crippen LogP contribution in [0.2, 0.25) is 0 Å². The summed E-state index contributed by atoms with van der Waals surface area (Å²) in [5.41, 5.74) is 0.932. The first kappa shape index (κ1) is 8.99. The van der Waals surface area contributed by atoms with Crippen LogP contribution >= 0.6 is 0 Å². The summed E-state index contributed by atoms with van der Waals surface area (Å²) in [7, 11) is 0. The molecule has 0 spiro atoms. The Balaban J connectivity index is 2.24. The first-order valence-electron chi connectivity index (χ1n) is 4.76. The monoisotopic (exact) mass is 191 g/mol. The van der Waals surface area contributed by atoms with E-state index < -0.39 is 0 Å². The zero-order valence-corrected chi connectivity index (χ0v) is 8.37. The number of H-pyrrole nitrogens is 1. The lowest BCUT2D eigenvalue weighted by molar-refractivity contribution is 0.534. The first-order chi connectivity index (χ1) is 6.79. The van der Waals surface area contributed by atoms with Gasteiger partial charge in [-0.3, -0.25) is 5.10 Å². The highest BCUT2D eigenvalue weighted by atomic mass is 16.3. The second-order valence-electron chi connectivity index (χ2n) is 3.30. The predicted molar refractivity (Wildman–Crippen MR) is 52.8 cm³/mol. The van der Waals surface area contributed by atoms with E-state index in [4.69, 9.17) is 4.42 Å². The minimum Gasteiger partial charge on any atom is -0.469 e. The van der Waals surface area contributed by atoms with Crippen molar-refractivity contribution in [2.75, 3.05) is 0 Å². The summed E-state index contributed by atoms with van der Waals surface area (Å²) in [5.74, 6) is 2.52. The summed E-state index contributed by atoms with van der Waals surface area (Å²) in [5, 5.41) is 7.03. The number of nitrogens with zero attached hydrogens (tertiary/aromatic N) is 2. The molecule has 0 aliphatic heterocycles. The van der Waals surface area contributed by atoms with Crippen molar-refractivity contribution in [3.63, 3.8) is 0 Å². The van der Waals surface area contributed by atoms with Gasteiger partial charge >= 0.3 is 0 Å². The molecular weight excluding hydrogens is 178 g/mol. The highest BCUT2D eigenvalue weighted by Gasteiger charge is 2.07. The van der Waals surface area contributed by atoms with Gasteiger partial charge in [0, 0.05) is 6.42 Å². The van der Waals surface area contributed by atoms with E-state index in [-0.39, 0.29) is 0 Å². The van der Waals surface area contributed by atoms with Gasteiger partial charge in [-0.25, -0.2) is 4.98 Å². The van der Waals surface area contributed by atoms with Crippen LogP contribution in [0.4, 0.5) is 0 Å². The number of hydrogen-bond acceptors (Lipinski definition) is 3. The number of aromatic nitrogens is 3. The van der Waals surface area contributed by atoms with Gasteiger partial charge in [-0.05, 0) is 19.4 Å². The standard InChI is InChI=1S/C10H13N3O/c1-3-4-9-11-10(13-12-9)8-5-7(2)14-6-8/h5-6H,3-4H2,1-2H3,(H,11,12,13). The van der Waals surface area contributed by atoms with Gasteiger partial charge in [0.1, 0.15) is 17.8 Å². The van der Waals surface area contributed by atoms with Crippen molar-refractivity contribution in [2.24, 2.45) is 0 Å². The molecule has 0 radical (unpaired) electrons. The highest BCUT2D eigenvalue weighted by molar-refractivity contribution is 5.53. The number of nitrogens with one attached hydrogen (secondary N) is 1. The Morgan fingerprint density at radius 2 is 2.36 bits per heavy atom. The lowest BCUT2D eigenvalue weighted by Crippen LogP contribution is -1.84. The Morgan fingerprint density at radius 3 is 3.00 bits per heavy atom. The van der Waals surface area contributed by atoms with Crippen LogP contribution in [0, 0.1) is 6.92 Å². The smallest absolute Gasteiger partial charge is 0.184 e. The van der Waals surface area contributed by atoms with Crippen LogP contribution in [0.25, 0.3) is 11.4 Å². The van der Waals surface area contributed by atoms with Crippen LogP contribution in [-0.2, 0) is 6.42 Å². The molecular formula is C10H13N3O. The zero-order chi connectivity index (χ0) is 9.97. The molecule has 0 unspecified atom stereocenters. The fraction of sp³-hybridized carbons (Fsp3) is 0.400. The molecule has 4 heteroatoms. The number of aromatic amines is 1. The van der Waals surface area contributed by atoms with Crippen molar-refractivity contribution in [1.29, 1.82) is 0 Å². The van der Waals surface area contributed by atoms with Gasteiger partial charge in [0.2, 0.25) is 0 Å². The highest BCUT2D eigenvalue weighted by Crippen LogP contribution is 2.17. The largest absolute Gasteiger partial charge is 0.469 e. The maximum absolute atomic E-state index is 5.19. The Labute approximate surface area is 82.4 Å². The quantitative estimate of drug-likeness (QED) is 0.810. The SMILES string of the molecule is CCCc1nc(-c2coc(C)c2)n[nH]1. The number of rotatable bonds is 3. The van der Waals surface area contributed by atoms with Crippen LogP contribution in [0.15, 0.2) is 16.7 Å². The summed E-state index contributed by atoms with van der Waals surface area (Å²) < 4.78 is 5.19. The fourth-order valence-corrected chi connectivity index (χ4v) is 1.33. The maximum atomic E-state index is 5.19. The maximum Gasteiger partial charge on any atom is 0.184 e. The van der Waals surface area contributed by atoms with Crippen molar-refractivity contribution < 1.29 is 4.42 Å². The first-order valence-corrected chi connectivity index (χ1v) is 4.76. The Hall–Kier alpha value is -1.58. The lowest BCUT2D eigenvalue weighted by Gasteiger charge is -1.86. The molecule has 0 aliphatic rings. The average Bonchev–Trinajstić information content (AvgIpc) is 2.74. The second kappa shape index (κ2) is 3.65. The van der Waals surface area contributed by atoms with Crippen molar-refractivity contribution in [3.8, 4) is 11.4 Å². The molecule has 0 atom stereocenters. The molecule has 2 aromatic heterocycles. The van der Waals surface area contributed by atoms with E-state index >= 15 is 0 Å². The van der Waals surface area contributed by atoms with E-state index in [2.05, 4.69) is 22.1 Å². The van der Waals surface area contributed by atoms with E-state index in [1.54, 1.807) is 6.26 Å². The molecule has 4 nitrogen and oxygen atoms in total. The van der Waals surface area contributed by atoms with E-state index in [1.165, 1.54) is 0 Å². The molecule has 0 amide bonds. The van der Waals surface area contributed by atoms with Crippen LogP contribution in [0.3, 0.4) is 0 Å². The number of hydrogen-bond donors (Lipinski definition) is 1. The Bertz CT molecular complexity index is 416. The summed E-state index contributed by atoms with van der Waals surface area (Å²) >= 11 is 0. The fourth-order valence-electron chi connectivity index (χ4n) is 1.33. The summed E-state index contributed by atoms with van der Waals surface area (Å²) in [4.78, 5) is 4.36. The van der Waals surface area contributed by atoms with Crippen LogP contribution in [0.5, 0.6) is 0 Å². The van der Waals surface area contributed by atoms with Gasteiger partial charge < -0.3 is 4.42 Å². The third-order valence-electron chi connectivity index (χ3n) is 2.01. The van der Waals surface area contributed by atoms with Gasteiger partial charge in [-0.2, -0.15) is 5.10 Å². The Morgan fingerprint density at radius 1 is 1.50 bits per heavy atom. The number of aryl methyl sites for hydroxylation is 2. The predicted octanol–water partition coefficient (Wildman–Crippen LogP) is 2.33. The summed E-state index contributed by atoms with van der Waals surface area (Å²) in [6.45, 7) is 4.02. The molecule has 74 valence electrons. The van der Waals surface area contributed by atoms with Gasteiger partial charge in [0.25, 0.3) is 0 Å². The molecule has 2 heterocycles. The average molecular weight is 191 g/mol. The van der Waals surface area contributed by atoms with Gasteiger partial charge in [0.15, 0.2) is 5.82 Å². The third kappa shape index (κ3) is 1.69. The normalized spacial score (nSPS) is 10.7. The molecule has 0 saturated heterocycles. The van der Waals surface area contributed by atoms with E-state index in [1.807, 2.05) is 13.0 Å². The van der Waals surface area contributed by atoms with Gasteiger partial charge in [0.05, 0.1) is 5.56 Å². The topological polar surface area (TPSA) is 54.7 Å². The van der Waals surface area contributed by atoms with Crippen molar-refractivity contribution in [1.82, 2.24) is 15.2 Å². The van der Waals surface area contributed by atoms with E-state index in [0.717, 1.165) is 30.0 Å². The minimum absolute atomic E-state index is 0.713. The molecule has 2 rings (SSSR count). The van der Waals surface area contributed by atoms with E-state index in [0.29, 0.717) is 5.82 Å². The van der Waals surface area contributed by atoms with Crippen molar-refractivity contribution in [2.45, 2.75) is 26.7 Å². The van der Waals surface area contributed by atoms with Crippen molar-refractivity contribution >= 4 is 0 Å². The molecule has 0 saturated carbocycles. The lowest BCUT2D eigenvalue weighted by atomic mass is 10.3. The molecule has 0 aliphatic carbocycles. The van der Waals surface area contributed by atoms with Crippen LogP contribution in [0.1, 0.15) is 24.9 Å². The molecule has 1 N–H and O–H groups in total.